The van der Waals surface area contributed by atoms with Crippen LogP contribution in [0.25, 0.3) is 11.0 Å². The van der Waals surface area contributed by atoms with Crippen LogP contribution < -0.4 is 5.73 Å². The highest BCUT2D eigenvalue weighted by atomic mass is 127. The predicted octanol–water partition coefficient (Wildman–Crippen LogP) is 3.61. The molecule has 0 aliphatic carbocycles. The lowest BCUT2D eigenvalue weighted by molar-refractivity contribution is -0.00279. The highest BCUT2D eigenvalue weighted by Crippen LogP contribution is 2.38. The van der Waals surface area contributed by atoms with E-state index in [2.05, 4.69) is 46.4 Å². The van der Waals surface area contributed by atoms with Crippen LogP contribution in [0.1, 0.15) is 32.9 Å². The van der Waals surface area contributed by atoms with E-state index in [1.807, 2.05) is 10.8 Å². The van der Waals surface area contributed by atoms with Gasteiger partial charge in [-0.3, -0.25) is 0 Å². The summed E-state index contributed by atoms with van der Waals surface area (Å²) in [6, 6.07) is 0. The Hall–Kier alpha value is -0.600. The van der Waals surface area contributed by atoms with Crippen molar-refractivity contribution < 1.29 is 4.74 Å². The summed E-state index contributed by atoms with van der Waals surface area (Å²) < 4.78 is 9.17. The first-order chi connectivity index (χ1) is 9.51. The van der Waals surface area contributed by atoms with Gasteiger partial charge in [-0.1, -0.05) is 25.4 Å². The monoisotopic (exact) mass is 406 g/mol. The van der Waals surface area contributed by atoms with Crippen LogP contribution in [-0.2, 0) is 4.74 Å². The Morgan fingerprint density at radius 1 is 1.55 bits per heavy atom. The van der Waals surface area contributed by atoms with Crippen molar-refractivity contribution in [3.63, 3.8) is 0 Å². The lowest BCUT2D eigenvalue weighted by atomic mass is 10.0. The molecular weight excluding hydrogens is 391 g/mol. The van der Waals surface area contributed by atoms with Gasteiger partial charge in [0.05, 0.1) is 11.5 Å². The molecule has 1 aliphatic rings. The minimum Gasteiger partial charge on any atom is -0.368 e. The molecule has 0 saturated carbocycles. The van der Waals surface area contributed by atoms with Crippen LogP contribution in [0.2, 0.25) is 5.15 Å². The van der Waals surface area contributed by atoms with Crippen molar-refractivity contribution in [2.24, 2.45) is 5.92 Å². The average molecular weight is 407 g/mol. The molecule has 0 bridgehead atoms. The van der Waals surface area contributed by atoms with Gasteiger partial charge in [-0.15, -0.1) is 0 Å². The molecule has 1 saturated heterocycles. The predicted molar refractivity (Wildman–Crippen MR) is 87.6 cm³/mol. The van der Waals surface area contributed by atoms with E-state index >= 15 is 0 Å². The number of ether oxygens (including phenoxy) is 1. The second-order valence-electron chi connectivity index (χ2n) is 5.21. The van der Waals surface area contributed by atoms with Crippen LogP contribution >= 0.6 is 34.2 Å². The van der Waals surface area contributed by atoms with Crippen molar-refractivity contribution in [2.45, 2.75) is 39.0 Å². The van der Waals surface area contributed by atoms with Crippen molar-refractivity contribution in [1.29, 1.82) is 0 Å². The van der Waals surface area contributed by atoms with Gasteiger partial charge in [-0.25, -0.2) is 4.98 Å². The van der Waals surface area contributed by atoms with Gasteiger partial charge in [-0.05, 0) is 41.4 Å². The maximum atomic E-state index is 6.18. The Labute approximate surface area is 136 Å². The molecule has 2 N–H and O–H groups in total. The van der Waals surface area contributed by atoms with E-state index in [1.54, 1.807) is 0 Å². The molecule has 3 rings (SSSR count). The van der Waals surface area contributed by atoms with Gasteiger partial charge in [-0.2, -0.15) is 4.98 Å². The molecule has 5 nitrogen and oxygen atoms in total. The van der Waals surface area contributed by atoms with Crippen molar-refractivity contribution in [3.05, 3.63) is 14.9 Å². The first-order valence-corrected chi connectivity index (χ1v) is 8.11. The molecule has 3 atom stereocenters. The van der Waals surface area contributed by atoms with E-state index in [1.165, 1.54) is 0 Å². The molecule has 3 heterocycles. The summed E-state index contributed by atoms with van der Waals surface area (Å²) in [5.74, 6) is 0.728. The largest absolute Gasteiger partial charge is 0.368 e. The van der Waals surface area contributed by atoms with Crippen molar-refractivity contribution in [3.8, 4) is 0 Å². The minimum atomic E-state index is -0.00803. The molecule has 0 amide bonds. The SMILES string of the molecule is CC[C@H]1O[C@@H](n2cc(I)c3c(Cl)nc(N)nc32)C[C@H]1C. The molecule has 1 fully saturated rings. The van der Waals surface area contributed by atoms with Crippen LogP contribution in [0.15, 0.2) is 6.20 Å². The third-order valence-corrected chi connectivity index (χ3v) is 4.94. The fourth-order valence-corrected chi connectivity index (χ4v) is 4.07. The summed E-state index contributed by atoms with van der Waals surface area (Å²) in [5.41, 5.74) is 6.47. The zero-order valence-corrected chi connectivity index (χ0v) is 14.2. The molecule has 0 radical (unpaired) electrons. The highest BCUT2D eigenvalue weighted by molar-refractivity contribution is 14.1. The topological polar surface area (TPSA) is 66.0 Å². The summed E-state index contributed by atoms with van der Waals surface area (Å²) in [6.45, 7) is 4.37. The van der Waals surface area contributed by atoms with E-state index in [0.717, 1.165) is 27.4 Å². The summed E-state index contributed by atoms with van der Waals surface area (Å²) >= 11 is 8.42. The molecule has 1 aliphatic heterocycles. The van der Waals surface area contributed by atoms with Gasteiger partial charge in [0, 0.05) is 9.77 Å². The van der Waals surface area contributed by atoms with Gasteiger partial charge < -0.3 is 15.0 Å². The van der Waals surface area contributed by atoms with Crippen LogP contribution in [0, 0.1) is 9.49 Å². The number of fused-ring (bicyclic) bond motifs is 1. The van der Waals surface area contributed by atoms with Crippen molar-refractivity contribution in [2.75, 3.05) is 5.73 Å². The summed E-state index contributed by atoms with van der Waals surface area (Å²) in [5, 5.41) is 1.24. The zero-order chi connectivity index (χ0) is 14.4. The number of hydrogen-bond acceptors (Lipinski definition) is 4. The number of hydrogen-bond donors (Lipinski definition) is 1. The van der Waals surface area contributed by atoms with E-state index in [0.29, 0.717) is 17.2 Å². The van der Waals surface area contributed by atoms with E-state index in [9.17, 15) is 0 Å². The van der Waals surface area contributed by atoms with Crippen molar-refractivity contribution in [1.82, 2.24) is 14.5 Å². The third kappa shape index (κ3) is 2.27. The molecule has 7 heteroatoms. The fourth-order valence-electron chi connectivity index (χ4n) is 2.84. The number of nitrogen functional groups attached to an aromatic ring is 1. The quantitative estimate of drug-likeness (QED) is 0.611. The normalized spacial score (nSPS) is 26.5. The van der Waals surface area contributed by atoms with Crippen LogP contribution in [-0.4, -0.2) is 20.6 Å². The minimum absolute atomic E-state index is 0.00803. The van der Waals surface area contributed by atoms with Gasteiger partial charge in [0.1, 0.15) is 17.0 Å². The Balaban J connectivity index is 2.09. The highest BCUT2D eigenvalue weighted by Gasteiger charge is 2.33. The molecule has 0 unspecified atom stereocenters. The smallest absolute Gasteiger partial charge is 0.223 e. The second-order valence-corrected chi connectivity index (χ2v) is 6.73. The molecular formula is C13H16ClIN4O. The molecule has 2 aromatic rings. The second kappa shape index (κ2) is 5.31. The molecule has 0 aromatic carbocycles. The van der Waals surface area contributed by atoms with Crippen LogP contribution in [0.3, 0.4) is 0 Å². The maximum absolute atomic E-state index is 6.18. The summed E-state index contributed by atoms with van der Waals surface area (Å²) in [7, 11) is 0. The van der Waals surface area contributed by atoms with Gasteiger partial charge in [0.2, 0.25) is 5.95 Å². The molecule has 0 spiro atoms. The summed E-state index contributed by atoms with van der Waals surface area (Å²) in [4.78, 5) is 8.36. The maximum Gasteiger partial charge on any atom is 0.223 e. The molecule has 2 aromatic heterocycles. The van der Waals surface area contributed by atoms with Gasteiger partial charge in [0.15, 0.2) is 0 Å². The lowest BCUT2D eigenvalue weighted by Crippen LogP contribution is -2.12. The molecule has 108 valence electrons. The standard InChI is InChI=1S/C13H16ClIN4O/c1-3-8-6(2)4-9(20-8)19-5-7(15)10-11(14)17-13(16)18-12(10)19/h5-6,8-9H,3-4H2,1-2H3,(H2,16,17,18)/t6-,8-,9-/m1/s1. The van der Waals surface area contributed by atoms with Crippen LogP contribution in [0.4, 0.5) is 5.95 Å². The zero-order valence-electron chi connectivity index (χ0n) is 11.3. The number of halogens is 2. The number of aromatic nitrogens is 3. The van der Waals surface area contributed by atoms with E-state index in [4.69, 9.17) is 22.1 Å². The van der Waals surface area contributed by atoms with Crippen molar-refractivity contribution >= 4 is 51.2 Å². The van der Waals surface area contributed by atoms with Gasteiger partial charge in [0.25, 0.3) is 0 Å². The third-order valence-electron chi connectivity index (χ3n) is 3.85. The van der Waals surface area contributed by atoms with Crippen LogP contribution in [0.5, 0.6) is 0 Å². The Morgan fingerprint density at radius 2 is 2.30 bits per heavy atom. The Morgan fingerprint density at radius 3 is 2.95 bits per heavy atom. The number of rotatable bonds is 2. The molecule has 20 heavy (non-hydrogen) atoms. The fraction of sp³-hybridized carbons (Fsp3) is 0.538. The number of nitrogens with two attached hydrogens (primary N) is 1. The Bertz CT molecular complexity index is 659. The van der Waals surface area contributed by atoms with Gasteiger partial charge >= 0.3 is 0 Å². The average Bonchev–Trinajstić information content (AvgIpc) is 2.90. The van der Waals surface area contributed by atoms with E-state index < -0.39 is 0 Å². The van der Waals surface area contributed by atoms with E-state index in [-0.39, 0.29) is 12.2 Å². The number of anilines is 1. The first-order valence-electron chi connectivity index (χ1n) is 6.65. The number of nitrogens with zero attached hydrogens (tertiary/aromatic N) is 3. The summed E-state index contributed by atoms with van der Waals surface area (Å²) in [6.07, 6.45) is 4.29. The first kappa shape index (κ1) is 14.3. The lowest BCUT2D eigenvalue weighted by Gasteiger charge is -2.15. The Kier molecular flexibility index (Phi) is 3.81.